The summed E-state index contributed by atoms with van der Waals surface area (Å²) in [6.45, 7) is 7.76. The van der Waals surface area contributed by atoms with Crippen LogP contribution in [0.3, 0.4) is 0 Å². The molecule has 0 unspecified atom stereocenters. The molecule has 0 aliphatic rings. The highest BCUT2D eigenvalue weighted by atomic mass is 16.5. The van der Waals surface area contributed by atoms with Crippen molar-refractivity contribution in [2.45, 2.75) is 46.7 Å². The molecule has 3 rings (SSSR count). The Labute approximate surface area is 145 Å². The van der Waals surface area contributed by atoms with Crippen LogP contribution in [0.1, 0.15) is 31.2 Å². The minimum absolute atomic E-state index is 0.274. The molecule has 25 heavy (non-hydrogen) atoms. The topological polar surface area (TPSA) is 75.5 Å². The Morgan fingerprint density at radius 3 is 2.44 bits per heavy atom. The minimum Gasteiger partial charge on any atom is -0.385 e. The Bertz CT molecular complexity index is 1050. The van der Waals surface area contributed by atoms with E-state index in [-0.39, 0.29) is 11.2 Å². The van der Waals surface area contributed by atoms with Crippen molar-refractivity contribution >= 4 is 16.9 Å². The first-order valence-corrected chi connectivity index (χ1v) is 8.60. The second-order valence-electron chi connectivity index (χ2n) is 6.39. The maximum Gasteiger partial charge on any atom is 0.332 e. The molecule has 0 radical (unpaired) electrons. The summed E-state index contributed by atoms with van der Waals surface area (Å²) in [6, 6.07) is 0. The number of hydrogen-bond donors (Lipinski definition) is 0. The molecule has 0 bridgehead atoms. The molecule has 0 saturated carbocycles. The quantitative estimate of drug-likeness (QED) is 0.628. The first-order valence-electron chi connectivity index (χ1n) is 8.60. The maximum absolute atomic E-state index is 13.0. The van der Waals surface area contributed by atoms with Gasteiger partial charge in [-0.3, -0.25) is 18.3 Å². The largest absolute Gasteiger partial charge is 0.385 e. The van der Waals surface area contributed by atoms with Gasteiger partial charge in [-0.05, 0) is 26.7 Å². The highest BCUT2D eigenvalue weighted by Crippen LogP contribution is 2.20. The first kappa shape index (κ1) is 17.5. The second-order valence-corrected chi connectivity index (χ2v) is 6.39. The van der Waals surface area contributed by atoms with Crippen LogP contribution in [0, 0.1) is 13.8 Å². The lowest BCUT2D eigenvalue weighted by Gasteiger charge is -2.07. The van der Waals surface area contributed by atoms with E-state index < -0.39 is 0 Å². The summed E-state index contributed by atoms with van der Waals surface area (Å²) in [4.78, 5) is 30.1. The van der Waals surface area contributed by atoms with E-state index in [1.54, 1.807) is 14.2 Å². The number of aromatic nitrogens is 5. The Hall–Kier alpha value is -2.35. The molecule has 0 spiro atoms. The van der Waals surface area contributed by atoms with Crippen molar-refractivity contribution in [3.8, 4) is 0 Å². The van der Waals surface area contributed by atoms with Gasteiger partial charge in [-0.25, -0.2) is 4.79 Å². The number of rotatable bonds is 6. The predicted octanol–water partition coefficient (Wildman–Crippen LogP) is 1.21. The van der Waals surface area contributed by atoms with Crippen molar-refractivity contribution in [3.63, 3.8) is 0 Å². The molecular formula is C17H25N5O3. The zero-order valence-electron chi connectivity index (χ0n) is 15.5. The van der Waals surface area contributed by atoms with Gasteiger partial charge in [0.1, 0.15) is 0 Å². The van der Waals surface area contributed by atoms with Crippen LogP contribution in [0.25, 0.3) is 16.9 Å². The Morgan fingerprint density at radius 1 is 1.08 bits per heavy atom. The lowest BCUT2D eigenvalue weighted by molar-refractivity contribution is 0.190. The van der Waals surface area contributed by atoms with Crippen LogP contribution >= 0.6 is 0 Å². The van der Waals surface area contributed by atoms with Crippen LogP contribution in [-0.2, 0) is 24.9 Å². The van der Waals surface area contributed by atoms with Crippen LogP contribution in [0.4, 0.5) is 0 Å². The third-order valence-corrected chi connectivity index (χ3v) is 4.81. The molecule has 8 nitrogen and oxygen atoms in total. The molecule has 0 atom stereocenters. The fraction of sp³-hybridized carbons (Fsp3) is 0.588. The van der Waals surface area contributed by atoms with Crippen LogP contribution in [0.15, 0.2) is 9.59 Å². The van der Waals surface area contributed by atoms with Crippen LogP contribution in [-0.4, -0.2) is 36.8 Å². The molecule has 3 aromatic heterocycles. The SMILES string of the molecule is CCCn1c(=O)c2c(nc3n(CCCOC)c(C)c(C)n23)n(C)c1=O. The number of aryl methyl sites for hydroxylation is 3. The molecule has 8 heteroatoms. The van der Waals surface area contributed by atoms with Gasteiger partial charge in [0.05, 0.1) is 0 Å². The fourth-order valence-electron chi connectivity index (χ4n) is 3.37. The van der Waals surface area contributed by atoms with E-state index in [9.17, 15) is 9.59 Å². The van der Waals surface area contributed by atoms with Crippen LogP contribution in [0.5, 0.6) is 0 Å². The monoisotopic (exact) mass is 347 g/mol. The summed E-state index contributed by atoms with van der Waals surface area (Å²) in [6.07, 6.45) is 1.57. The van der Waals surface area contributed by atoms with Gasteiger partial charge in [0.25, 0.3) is 5.56 Å². The summed E-state index contributed by atoms with van der Waals surface area (Å²) in [5, 5.41) is 0. The number of methoxy groups -OCH3 is 1. The second kappa shape index (κ2) is 6.51. The lowest BCUT2D eigenvalue weighted by atomic mass is 10.3. The van der Waals surface area contributed by atoms with Crippen LogP contribution < -0.4 is 11.2 Å². The lowest BCUT2D eigenvalue weighted by Crippen LogP contribution is -2.39. The molecule has 3 heterocycles. The third-order valence-electron chi connectivity index (χ3n) is 4.81. The van der Waals surface area contributed by atoms with Crippen molar-refractivity contribution in [1.82, 2.24) is 23.1 Å². The third kappa shape index (κ3) is 2.52. The Balaban J connectivity index is 2.37. The number of ether oxygens (including phenoxy) is 1. The van der Waals surface area contributed by atoms with E-state index >= 15 is 0 Å². The zero-order valence-corrected chi connectivity index (χ0v) is 15.5. The average molecular weight is 347 g/mol. The van der Waals surface area contributed by atoms with Crippen molar-refractivity contribution in [1.29, 1.82) is 0 Å². The molecule has 0 amide bonds. The van der Waals surface area contributed by atoms with Crippen molar-refractivity contribution < 1.29 is 4.74 Å². The van der Waals surface area contributed by atoms with Gasteiger partial charge in [-0.2, -0.15) is 4.98 Å². The molecular weight excluding hydrogens is 322 g/mol. The van der Waals surface area contributed by atoms with Gasteiger partial charge < -0.3 is 9.30 Å². The van der Waals surface area contributed by atoms with E-state index in [1.165, 1.54) is 9.13 Å². The van der Waals surface area contributed by atoms with Crippen molar-refractivity contribution in [2.75, 3.05) is 13.7 Å². The fourth-order valence-corrected chi connectivity index (χ4v) is 3.37. The number of fused-ring (bicyclic) bond motifs is 3. The van der Waals surface area contributed by atoms with Crippen molar-refractivity contribution in [3.05, 3.63) is 32.2 Å². The molecule has 0 aliphatic carbocycles. The normalized spacial score (nSPS) is 11.9. The maximum atomic E-state index is 13.0. The summed E-state index contributed by atoms with van der Waals surface area (Å²) < 4.78 is 11.9. The average Bonchev–Trinajstić information content (AvgIpc) is 3.08. The molecule has 3 aromatic rings. The van der Waals surface area contributed by atoms with Gasteiger partial charge in [0.2, 0.25) is 5.78 Å². The highest BCUT2D eigenvalue weighted by molar-refractivity contribution is 5.76. The Kier molecular flexibility index (Phi) is 4.55. The number of imidazole rings is 2. The molecule has 0 N–H and O–H groups in total. The smallest absolute Gasteiger partial charge is 0.332 e. The van der Waals surface area contributed by atoms with E-state index in [1.807, 2.05) is 25.2 Å². The number of hydrogen-bond acceptors (Lipinski definition) is 4. The molecule has 0 aliphatic heterocycles. The zero-order chi connectivity index (χ0) is 18.3. The summed E-state index contributed by atoms with van der Waals surface area (Å²) >= 11 is 0. The Morgan fingerprint density at radius 2 is 1.80 bits per heavy atom. The first-order chi connectivity index (χ1) is 11.9. The van der Waals surface area contributed by atoms with E-state index in [0.717, 1.165) is 30.8 Å². The molecule has 136 valence electrons. The van der Waals surface area contributed by atoms with E-state index in [4.69, 9.17) is 4.74 Å². The highest BCUT2D eigenvalue weighted by Gasteiger charge is 2.22. The minimum atomic E-state index is -0.319. The molecule has 0 aromatic carbocycles. The van der Waals surface area contributed by atoms with Gasteiger partial charge in [-0.15, -0.1) is 0 Å². The summed E-state index contributed by atoms with van der Waals surface area (Å²) in [5.74, 6) is 0.697. The predicted molar refractivity (Wildman–Crippen MR) is 96.4 cm³/mol. The van der Waals surface area contributed by atoms with E-state index in [0.29, 0.717) is 30.1 Å². The van der Waals surface area contributed by atoms with Crippen LogP contribution in [0.2, 0.25) is 0 Å². The van der Waals surface area contributed by atoms with Gasteiger partial charge in [0, 0.05) is 45.2 Å². The summed E-state index contributed by atoms with van der Waals surface area (Å²) in [7, 11) is 3.35. The van der Waals surface area contributed by atoms with Gasteiger partial charge in [-0.1, -0.05) is 6.92 Å². The standard InChI is InChI=1S/C17H25N5O3/c1-6-8-21-15(23)13-14(19(4)17(21)24)18-16-20(9-7-10-25-5)11(2)12(3)22(13)16/h6-10H2,1-5H3. The van der Waals surface area contributed by atoms with E-state index in [2.05, 4.69) is 9.55 Å². The van der Waals surface area contributed by atoms with Gasteiger partial charge in [0.15, 0.2) is 11.2 Å². The molecule has 0 saturated heterocycles. The molecule has 0 fully saturated rings. The summed E-state index contributed by atoms with van der Waals surface area (Å²) in [5.41, 5.74) is 2.34. The van der Waals surface area contributed by atoms with Gasteiger partial charge >= 0.3 is 5.69 Å². The van der Waals surface area contributed by atoms with Crippen molar-refractivity contribution in [2.24, 2.45) is 7.05 Å². The number of nitrogens with zero attached hydrogens (tertiary/aromatic N) is 5.